The molecule has 0 aliphatic carbocycles. The highest BCUT2D eigenvalue weighted by atomic mass is 79.9. The Labute approximate surface area is 97.5 Å². The molecule has 0 spiro atoms. The van der Waals surface area contributed by atoms with E-state index in [1.54, 1.807) is 11.3 Å². The minimum Gasteiger partial charge on any atom is -0.327 e. The van der Waals surface area contributed by atoms with Crippen molar-refractivity contribution in [1.82, 2.24) is 4.90 Å². The number of halogens is 1. The Hall–Kier alpha value is -0.160. The lowest BCUT2D eigenvalue weighted by molar-refractivity contribution is 0.366. The van der Waals surface area contributed by atoms with E-state index in [2.05, 4.69) is 45.4 Å². The quantitative estimate of drug-likeness (QED) is 0.836. The zero-order chi connectivity index (χ0) is 10.4. The SMILES string of the molecule is CN(CC=CCN)Cc1cc(Br)cs1. The maximum Gasteiger partial charge on any atom is 0.0328 e. The Morgan fingerprint density at radius 1 is 1.57 bits per heavy atom. The van der Waals surface area contributed by atoms with Crippen LogP contribution in [0.25, 0.3) is 0 Å². The summed E-state index contributed by atoms with van der Waals surface area (Å²) in [6.07, 6.45) is 4.09. The summed E-state index contributed by atoms with van der Waals surface area (Å²) < 4.78 is 1.17. The zero-order valence-electron chi connectivity index (χ0n) is 8.24. The monoisotopic (exact) mass is 274 g/mol. The molecule has 0 aliphatic rings. The number of nitrogens with two attached hydrogens (primary N) is 1. The molecule has 1 aromatic heterocycles. The Bertz CT molecular complexity index is 296. The lowest BCUT2D eigenvalue weighted by Crippen LogP contribution is -2.17. The van der Waals surface area contributed by atoms with Gasteiger partial charge in [0.2, 0.25) is 0 Å². The van der Waals surface area contributed by atoms with Crippen molar-refractivity contribution >= 4 is 27.3 Å². The lowest BCUT2D eigenvalue weighted by atomic mass is 10.4. The molecule has 2 nitrogen and oxygen atoms in total. The molecular weight excluding hydrogens is 260 g/mol. The van der Waals surface area contributed by atoms with E-state index in [0.717, 1.165) is 13.1 Å². The summed E-state index contributed by atoms with van der Waals surface area (Å²) >= 11 is 5.23. The van der Waals surface area contributed by atoms with Crippen molar-refractivity contribution in [2.75, 3.05) is 20.1 Å². The summed E-state index contributed by atoms with van der Waals surface area (Å²) in [4.78, 5) is 3.63. The summed E-state index contributed by atoms with van der Waals surface area (Å²) in [6, 6.07) is 2.16. The first-order chi connectivity index (χ1) is 6.72. The van der Waals surface area contributed by atoms with Crippen molar-refractivity contribution in [3.8, 4) is 0 Å². The molecule has 0 saturated heterocycles. The zero-order valence-corrected chi connectivity index (χ0v) is 10.6. The molecule has 0 unspecified atom stereocenters. The Balaban J connectivity index is 2.33. The molecule has 78 valence electrons. The molecule has 0 fully saturated rings. The molecule has 1 heterocycles. The summed E-state index contributed by atoms with van der Waals surface area (Å²) in [7, 11) is 2.11. The summed E-state index contributed by atoms with van der Waals surface area (Å²) in [5.74, 6) is 0. The highest BCUT2D eigenvalue weighted by Gasteiger charge is 2.00. The second-order valence-corrected chi connectivity index (χ2v) is 5.05. The second-order valence-electron chi connectivity index (χ2n) is 3.14. The van der Waals surface area contributed by atoms with Gasteiger partial charge in [-0.15, -0.1) is 11.3 Å². The Kier molecular flexibility index (Phi) is 5.40. The molecule has 0 radical (unpaired) electrons. The van der Waals surface area contributed by atoms with Crippen molar-refractivity contribution in [2.24, 2.45) is 5.73 Å². The van der Waals surface area contributed by atoms with Crippen molar-refractivity contribution in [3.63, 3.8) is 0 Å². The molecule has 2 N–H and O–H groups in total. The van der Waals surface area contributed by atoms with Crippen LogP contribution in [0.2, 0.25) is 0 Å². The van der Waals surface area contributed by atoms with Crippen molar-refractivity contribution in [3.05, 3.63) is 32.9 Å². The molecule has 0 aromatic carbocycles. The van der Waals surface area contributed by atoms with Crippen LogP contribution < -0.4 is 5.73 Å². The first kappa shape index (κ1) is 11.9. The van der Waals surface area contributed by atoms with Gasteiger partial charge in [-0.25, -0.2) is 0 Å². The molecule has 4 heteroatoms. The van der Waals surface area contributed by atoms with E-state index in [9.17, 15) is 0 Å². The standard InChI is InChI=1S/C10H15BrN2S/c1-13(5-3-2-4-12)7-10-6-9(11)8-14-10/h2-3,6,8H,4-5,7,12H2,1H3. The predicted octanol–water partition coefficient (Wildman–Crippen LogP) is 2.46. The van der Waals surface area contributed by atoms with Crippen LogP contribution in [0.4, 0.5) is 0 Å². The molecule has 1 aromatic rings. The van der Waals surface area contributed by atoms with Crippen LogP contribution in [-0.2, 0) is 6.54 Å². The highest BCUT2D eigenvalue weighted by molar-refractivity contribution is 9.10. The highest BCUT2D eigenvalue weighted by Crippen LogP contribution is 2.20. The third kappa shape index (κ3) is 4.37. The number of hydrogen-bond donors (Lipinski definition) is 1. The predicted molar refractivity (Wildman–Crippen MR) is 66.5 cm³/mol. The summed E-state index contributed by atoms with van der Waals surface area (Å²) in [5.41, 5.74) is 5.36. The van der Waals surface area contributed by atoms with Gasteiger partial charge in [0, 0.05) is 34.4 Å². The van der Waals surface area contributed by atoms with Crippen LogP contribution in [0.5, 0.6) is 0 Å². The van der Waals surface area contributed by atoms with Gasteiger partial charge in [0.05, 0.1) is 0 Å². The normalized spacial score (nSPS) is 11.7. The fraction of sp³-hybridized carbons (Fsp3) is 0.400. The Morgan fingerprint density at radius 3 is 2.93 bits per heavy atom. The van der Waals surface area contributed by atoms with Crippen LogP contribution >= 0.6 is 27.3 Å². The average molecular weight is 275 g/mol. The minimum atomic E-state index is 0.623. The first-order valence-electron chi connectivity index (χ1n) is 4.49. The molecule has 1 rings (SSSR count). The molecular formula is C10H15BrN2S. The van der Waals surface area contributed by atoms with Crippen molar-refractivity contribution in [2.45, 2.75) is 6.54 Å². The molecule has 0 amide bonds. The van der Waals surface area contributed by atoms with E-state index < -0.39 is 0 Å². The van der Waals surface area contributed by atoms with Gasteiger partial charge in [0.1, 0.15) is 0 Å². The molecule has 0 saturated carbocycles. The maximum atomic E-state index is 5.36. The summed E-state index contributed by atoms with van der Waals surface area (Å²) in [5, 5.41) is 2.11. The van der Waals surface area contributed by atoms with Gasteiger partial charge in [-0.1, -0.05) is 12.2 Å². The van der Waals surface area contributed by atoms with Gasteiger partial charge in [0.25, 0.3) is 0 Å². The van der Waals surface area contributed by atoms with Gasteiger partial charge in [-0.3, -0.25) is 4.90 Å². The third-order valence-corrected chi connectivity index (χ3v) is 3.45. The van der Waals surface area contributed by atoms with Crippen LogP contribution in [0.1, 0.15) is 4.88 Å². The van der Waals surface area contributed by atoms with Gasteiger partial charge >= 0.3 is 0 Å². The van der Waals surface area contributed by atoms with Crippen molar-refractivity contribution in [1.29, 1.82) is 0 Å². The number of hydrogen-bond acceptors (Lipinski definition) is 3. The van der Waals surface area contributed by atoms with E-state index in [4.69, 9.17) is 5.73 Å². The number of rotatable bonds is 5. The van der Waals surface area contributed by atoms with Crippen LogP contribution in [0.15, 0.2) is 28.1 Å². The fourth-order valence-electron chi connectivity index (χ4n) is 1.12. The van der Waals surface area contributed by atoms with Crippen LogP contribution in [0.3, 0.4) is 0 Å². The van der Waals surface area contributed by atoms with E-state index in [1.807, 2.05) is 6.08 Å². The Morgan fingerprint density at radius 2 is 2.36 bits per heavy atom. The fourth-order valence-corrected chi connectivity index (χ4v) is 2.65. The van der Waals surface area contributed by atoms with E-state index in [-0.39, 0.29) is 0 Å². The van der Waals surface area contributed by atoms with Crippen LogP contribution in [-0.4, -0.2) is 25.0 Å². The van der Waals surface area contributed by atoms with E-state index in [1.165, 1.54) is 9.35 Å². The second kappa shape index (κ2) is 6.35. The topological polar surface area (TPSA) is 29.3 Å². The van der Waals surface area contributed by atoms with E-state index >= 15 is 0 Å². The lowest BCUT2D eigenvalue weighted by Gasteiger charge is -2.12. The van der Waals surface area contributed by atoms with Gasteiger partial charge in [0.15, 0.2) is 0 Å². The molecule has 14 heavy (non-hydrogen) atoms. The number of likely N-dealkylation sites (N-methyl/N-ethyl adjacent to an activating group) is 1. The summed E-state index contributed by atoms with van der Waals surface area (Å²) in [6.45, 7) is 2.57. The first-order valence-corrected chi connectivity index (χ1v) is 6.16. The smallest absolute Gasteiger partial charge is 0.0328 e. The third-order valence-electron chi connectivity index (χ3n) is 1.77. The molecule has 0 aliphatic heterocycles. The van der Waals surface area contributed by atoms with Gasteiger partial charge in [-0.2, -0.15) is 0 Å². The van der Waals surface area contributed by atoms with Crippen molar-refractivity contribution < 1.29 is 0 Å². The van der Waals surface area contributed by atoms with Crippen LogP contribution in [0, 0.1) is 0 Å². The maximum absolute atomic E-state index is 5.36. The minimum absolute atomic E-state index is 0.623. The largest absolute Gasteiger partial charge is 0.327 e. The number of nitrogens with zero attached hydrogens (tertiary/aromatic N) is 1. The molecule has 0 atom stereocenters. The average Bonchev–Trinajstić information content (AvgIpc) is 2.52. The van der Waals surface area contributed by atoms with Gasteiger partial charge < -0.3 is 5.73 Å². The van der Waals surface area contributed by atoms with Gasteiger partial charge in [-0.05, 0) is 29.0 Å². The molecule has 0 bridgehead atoms. The number of thiophene rings is 1. The van der Waals surface area contributed by atoms with E-state index in [0.29, 0.717) is 6.54 Å².